The smallest absolute Gasteiger partial charge is 0.416 e. The van der Waals surface area contributed by atoms with E-state index in [4.69, 9.17) is 5.11 Å². The summed E-state index contributed by atoms with van der Waals surface area (Å²) in [4.78, 5) is 27.2. The van der Waals surface area contributed by atoms with Crippen molar-refractivity contribution in [3.63, 3.8) is 0 Å². The van der Waals surface area contributed by atoms with E-state index in [2.05, 4.69) is 15.6 Å². The van der Waals surface area contributed by atoms with E-state index in [0.29, 0.717) is 22.9 Å². The van der Waals surface area contributed by atoms with E-state index < -0.39 is 17.7 Å². The fraction of sp³-hybridized carbons (Fsp3) is 0.321. The Morgan fingerprint density at radius 1 is 0.946 bits per heavy atom. The number of anilines is 1. The van der Waals surface area contributed by atoms with E-state index in [0.717, 1.165) is 48.9 Å². The van der Waals surface area contributed by atoms with Gasteiger partial charge < -0.3 is 15.7 Å². The Labute approximate surface area is 212 Å². The van der Waals surface area contributed by atoms with Crippen LogP contribution >= 0.6 is 0 Å². The number of hydrogen-bond acceptors (Lipinski definition) is 4. The zero-order valence-electron chi connectivity index (χ0n) is 20.1. The van der Waals surface area contributed by atoms with E-state index in [1.807, 2.05) is 24.3 Å². The number of halogens is 3. The first-order chi connectivity index (χ1) is 17.7. The minimum atomic E-state index is -4.36. The Balaban J connectivity index is 1.47. The average Bonchev–Trinajstić information content (AvgIpc) is 3.42. The van der Waals surface area contributed by atoms with Crippen LogP contribution in [0.3, 0.4) is 0 Å². The molecule has 1 fully saturated rings. The van der Waals surface area contributed by atoms with Gasteiger partial charge in [0.15, 0.2) is 0 Å². The molecule has 2 aromatic carbocycles. The van der Waals surface area contributed by atoms with Crippen LogP contribution in [0.1, 0.15) is 59.6 Å². The number of rotatable bonds is 9. The fourth-order valence-corrected chi connectivity index (χ4v) is 4.66. The highest BCUT2D eigenvalue weighted by atomic mass is 19.4. The van der Waals surface area contributed by atoms with Crippen LogP contribution in [-0.2, 0) is 11.0 Å². The minimum absolute atomic E-state index is 0.00750. The summed E-state index contributed by atoms with van der Waals surface area (Å²) < 4.78 is 38.6. The maximum Gasteiger partial charge on any atom is 0.416 e. The molecular formula is C28H28F3N3O3. The number of carbonyl (C=O) groups is 2. The molecule has 1 atom stereocenters. The fourth-order valence-electron chi connectivity index (χ4n) is 4.66. The lowest BCUT2D eigenvalue weighted by Crippen LogP contribution is -2.26. The third-order valence-corrected chi connectivity index (χ3v) is 6.64. The summed E-state index contributed by atoms with van der Waals surface area (Å²) in [6, 6.07) is 16.3. The van der Waals surface area contributed by atoms with Gasteiger partial charge in [0.2, 0.25) is 0 Å². The molecule has 1 heterocycles. The molecule has 1 aliphatic rings. The summed E-state index contributed by atoms with van der Waals surface area (Å²) in [7, 11) is 0. The van der Waals surface area contributed by atoms with E-state index in [9.17, 15) is 22.8 Å². The molecule has 4 rings (SSSR count). The van der Waals surface area contributed by atoms with Crippen LogP contribution in [0.2, 0.25) is 0 Å². The van der Waals surface area contributed by atoms with Gasteiger partial charge in [-0.25, -0.2) is 4.98 Å². The third-order valence-electron chi connectivity index (χ3n) is 6.64. The van der Waals surface area contributed by atoms with Crippen molar-refractivity contribution < 1.29 is 27.9 Å². The van der Waals surface area contributed by atoms with Gasteiger partial charge in [0.25, 0.3) is 5.91 Å². The molecule has 0 aliphatic heterocycles. The molecular weight excluding hydrogens is 483 g/mol. The first-order valence-corrected chi connectivity index (χ1v) is 12.2. The summed E-state index contributed by atoms with van der Waals surface area (Å²) in [6.07, 6.45) is 1.38. The van der Waals surface area contributed by atoms with Gasteiger partial charge in [0, 0.05) is 12.7 Å². The van der Waals surface area contributed by atoms with E-state index >= 15 is 0 Å². The summed E-state index contributed by atoms with van der Waals surface area (Å²) in [5.41, 5.74) is 2.27. The van der Waals surface area contributed by atoms with Crippen LogP contribution < -0.4 is 10.6 Å². The Kier molecular flexibility index (Phi) is 8.11. The van der Waals surface area contributed by atoms with Gasteiger partial charge >= 0.3 is 12.1 Å². The molecule has 9 heteroatoms. The van der Waals surface area contributed by atoms with E-state index in [1.54, 1.807) is 12.1 Å². The monoisotopic (exact) mass is 511 g/mol. The highest BCUT2D eigenvalue weighted by molar-refractivity contribution is 5.94. The Bertz CT molecular complexity index is 1200. The average molecular weight is 512 g/mol. The second kappa shape index (κ2) is 11.5. The van der Waals surface area contributed by atoms with Gasteiger partial charge in [-0.15, -0.1) is 0 Å². The molecule has 1 amide bonds. The standard InChI is InChI=1S/C28H28F3N3O3/c29-28(30,31)23-12-9-19(10-13-23)18-5-7-21(8-6-18)26(20-3-1-2-4-20)34-24-14-11-22(17-33-24)27(37)32-16-15-25(35)36/h5-14,17,20,26H,1-4,15-16H2,(H,32,37)(H,33,34)(H,35,36). The molecule has 1 aromatic heterocycles. The highest BCUT2D eigenvalue weighted by Crippen LogP contribution is 2.38. The molecule has 1 saturated carbocycles. The molecule has 37 heavy (non-hydrogen) atoms. The Morgan fingerprint density at radius 2 is 1.57 bits per heavy atom. The number of carboxylic acids is 1. The Hall–Kier alpha value is -3.88. The number of pyridine rings is 1. The predicted molar refractivity (Wildman–Crippen MR) is 134 cm³/mol. The number of alkyl halides is 3. The lowest BCUT2D eigenvalue weighted by Gasteiger charge is -2.26. The van der Waals surface area contributed by atoms with Gasteiger partial charge in [0.05, 0.1) is 23.6 Å². The zero-order valence-corrected chi connectivity index (χ0v) is 20.1. The topological polar surface area (TPSA) is 91.3 Å². The van der Waals surface area contributed by atoms with Crippen molar-refractivity contribution in [2.75, 3.05) is 11.9 Å². The largest absolute Gasteiger partial charge is 0.481 e. The van der Waals surface area contributed by atoms with Gasteiger partial charge in [-0.3, -0.25) is 9.59 Å². The first-order valence-electron chi connectivity index (χ1n) is 12.2. The van der Waals surface area contributed by atoms with Gasteiger partial charge in [-0.1, -0.05) is 49.2 Å². The normalized spacial score (nSPS) is 14.8. The first kappa shape index (κ1) is 26.2. The number of nitrogens with zero attached hydrogens (tertiary/aromatic N) is 1. The van der Waals surface area contributed by atoms with Crippen molar-refractivity contribution in [2.24, 2.45) is 5.92 Å². The second-order valence-corrected chi connectivity index (χ2v) is 9.20. The quantitative estimate of drug-likeness (QED) is 0.313. The maximum atomic E-state index is 12.9. The maximum absolute atomic E-state index is 12.9. The SMILES string of the molecule is O=C(O)CCNC(=O)c1ccc(NC(c2ccc(-c3ccc(C(F)(F)F)cc3)cc2)C2CCCC2)nc1. The molecule has 3 aromatic rings. The van der Waals surface area contributed by atoms with Crippen LogP contribution in [0, 0.1) is 5.92 Å². The number of carboxylic acid groups (broad SMARTS) is 1. The predicted octanol–water partition coefficient (Wildman–Crippen LogP) is 6.32. The number of amides is 1. The van der Waals surface area contributed by atoms with Crippen LogP contribution in [-0.4, -0.2) is 28.5 Å². The number of nitrogens with one attached hydrogen (secondary N) is 2. The molecule has 1 aliphatic carbocycles. The molecule has 0 spiro atoms. The lowest BCUT2D eigenvalue weighted by atomic mass is 9.90. The Morgan fingerprint density at radius 3 is 2.11 bits per heavy atom. The number of hydrogen-bond donors (Lipinski definition) is 3. The van der Waals surface area contributed by atoms with E-state index in [-0.39, 0.29) is 24.9 Å². The van der Waals surface area contributed by atoms with Crippen LogP contribution in [0.4, 0.5) is 19.0 Å². The lowest BCUT2D eigenvalue weighted by molar-refractivity contribution is -0.138. The van der Waals surface area contributed by atoms with Gasteiger partial charge in [-0.2, -0.15) is 13.2 Å². The number of aliphatic carboxylic acids is 1. The summed E-state index contributed by atoms with van der Waals surface area (Å²) in [5, 5.41) is 14.8. The van der Waals surface area contributed by atoms with Gasteiger partial charge in [-0.05, 0) is 59.7 Å². The second-order valence-electron chi connectivity index (χ2n) is 9.20. The molecule has 0 radical (unpaired) electrons. The molecule has 0 bridgehead atoms. The van der Waals surface area contributed by atoms with Gasteiger partial charge in [0.1, 0.15) is 5.82 Å². The van der Waals surface area contributed by atoms with Crippen molar-refractivity contribution in [3.05, 3.63) is 83.6 Å². The number of benzene rings is 2. The number of carbonyl (C=O) groups excluding carboxylic acids is 1. The zero-order chi connectivity index (χ0) is 26.4. The van der Waals surface area contributed by atoms with Crippen molar-refractivity contribution >= 4 is 17.7 Å². The van der Waals surface area contributed by atoms with Crippen LogP contribution in [0.15, 0.2) is 66.9 Å². The molecule has 6 nitrogen and oxygen atoms in total. The van der Waals surface area contributed by atoms with Crippen LogP contribution in [0.5, 0.6) is 0 Å². The number of aromatic nitrogens is 1. The van der Waals surface area contributed by atoms with Crippen LogP contribution in [0.25, 0.3) is 11.1 Å². The molecule has 0 saturated heterocycles. The van der Waals surface area contributed by atoms with Crippen molar-refractivity contribution in [1.29, 1.82) is 0 Å². The van der Waals surface area contributed by atoms with E-state index in [1.165, 1.54) is 18.3 Å². The summed E-state index contributed by atoms with van der Waals surface area (Å²) >= 11 is 0. The summed E-state index contributed by atoms with van der Waals surface area (Å²) in [6.45, 7) is 0.0421. The molecule has 3 N–H and O–H groups in total. The highest BCUT2D eigenvalue weighted by Gasteiger charge is 2.30. The molecule has 194 valence electrons. The van der Waals surface area contributed by atoms with Crippen molar-refractivity contribution in [2.45, 2.75) is 44.3 Å². The third kappa shape index (κ3) is 6.87. The van der Waals surface area contributed by atoms with Crippen molar-refractivity contribution in [3.8, 4) is 11.1 Å². The molecule has 1 unspecified atom stereocenters. The van der Waals surface area contributed by atoms with Crippen molar-refractivity contribution in [1.82, 2.24) is 10.3 Å². The minimum Gasteiger partial charge on any atom is -0.481 e. The summed E-state index contributed by atoms with van der Waals surface area (Å²) in [5.74, 6) is -0.349.